The Morgan fingerprint density at radius 2 is 2.18 bits per heavy atom. The quantitative estimate of drug-likeness (QED) is 0.554. The number of aryl methyl sites for hydroxylation is 1. The molecule has 0 spiro atoms. The number of primary amides is 1. The lowest BCUT2D eigenvalue weighted by Gasteiger charge is -2.19. The minimum Gasteiger partial charge on any atom is -0.397 e. The molecule has 1 aliphatic heterocycles. The first-order chi connectivity index (χ1) is 8.06. The number of hydrogen-bond acceptors (Lipinski definition) is 4. The molecule has 90 valence electrons. The third kappa shape index (κ3) is 2.47. The van der Waals surface area contributed by atoms with Gasteiger partial charge in [-0.05, 0) is 24.1 Å². The van der Waals surface area contributed by atoms with Gasteiger partial charge in [0.2, 0.25) is 11.8 Å². The summed E-state index contributed by atoms with van der Waals surface area (Å²) in [5.74, 6) is -0.478. The van der Waals surface area contributed by atoms with Crippen molar-refractivity contribution in [1.82, 2.24) is 0 Å². The Hall–Kier alpha value is -2.24. The molecule has 0 saturated heterocycles. The summed E-state index contributed by atoms with van der Waals surface area (Å²) in [6.07, 6.45) is 1.15. The Morgan fingerprint density at radius 1 is 1.41 bits per heavy atom. The molecule has 0 radical (unpaired) electrons. The van der Waals surface area contributed by atoms with Crippen molar-refractivity contribution in [2.75, 3.05) is 22.9 Å². The fraction of sp³-hybridized carbons (Fsp3) is 0.273. The van der Waals surface area contributed by atoms with Crippen molar-refractivity contribution >= 4 is 28.9 Å². The average molecular weight is 234 g/mol. The van der Waals surface area contributed by atoms with Gasteiger partial charge in [0.1, 0.15) is 0 Å². The first kappa shape index (κ1) is 11.3. The van der Waals surface area contributed by atoms with Crippen molar-refractivity contribution in [3.63, 3.8) is 0 Å². The summed E-state index contributed by atoms with van der Waals surface area (Å²) in [6.45, 7) is 0.0108. The summed E-state index contributed by atoms with van der Waals surface area (Å²) in [4.78, 5) is 21.9. The first-order valence-electron chi connectivity index (χ1n) is 5.30. The van der Waals surface area contributed by atoms with Crippen molar-refractivity contribution in [3.8, 4) is 0 Å². The molecule has 1 aliphatic rings. The predicted octanol–water partition coefficient (Wildman–Crippen LogP) is 0.0507. The van der Waals surface area contributed by atoms with E-state index in [1.807, 2.05) is 0 Å². The maximum absolute atomic E-state index is 11.3. The molecule has 6 N–H and O–H groups in total. The Labute approximate surface area is 98.4 Å². The van der Waals surface area contributed by atoms with Crippen LogP contribution in [-0.2, 0) is 16.0 Å². The molecule has 1 heterocycles. The van der Waals surface area contributed by atoms with Gasteiger partial charge >= 0.3 is 0 Å². The van der Waals surface area contributed by atoms with Gasteiger partial charge in [-0.1, -0.05) is 0 Å². The summed E-state index contributed by atoms with van der Waals surface area (Å²) in [5.41, 5.74) is 13.8. The topological polar surface area (TPSA) is 110 Å². The highest BCUT2D eigenvalue weighted by Gasteiger charge is 2.16. The third-order valence-corrected chi connectivity index (χ3v) is 2.62. The van der Waals surface area contributed by atoms with E-state index in [4.69, 9.17) is 11.5 Å². The Bertz CT molecular complexity index is 485. The SMILES string of the molecule is NC(=O)CNc1cc2c(cc1N)CCC(=O)N2. The summed E-state index contributed by atoms with van der Waals surface area (Å²) in [6, 6.07) is 3.53. The molecule has 17 heavy (non-hydrogen) atoms. The maximum Gasteiger partial charge on any atom is 0.236 e. The maximum atomic E-state index is 11.3. The van der Waals surface area contributed by atoms with E-state index in [-0.39, 0.29) is 12.5 Å². The minimum absolute atomic E-state index is 0.0108. The molecule has 2 amide bonds. The van der Waals surface area contributed by atoms with E-state index in [2.05, 4.69) is 10.6 Å². The van der Waals surface area contributed by atoms with Crippen LogP contribution in [0.1, 0.15) is 12.0 Å². The first-order valence-corrected chi connectivity index (χ1v) is 5.30. The number of carbonyl (C=O) groups is 2. The summed E-state index contributed by atoms with van der Waals surface area (Å²) < 4.78 is 0. The molecular formula is C11H14N4O2. The van der Waals surface area contributed by atoms with Crippen LogP contribution in [0.5, 0.6) is 0 Å². The van der Waals surface area contributed by atoms with Crippen molar-refractivity contribution in [1.29, 1.82) is 0 Å². The molecule has 6 heteroatoms. The predicted molar refractivity (Wildman–Crippen MR) is 65.5 cm³/mol. The lowest BCUT2D eigenvalue weighted by Crippen LogP contribution is -2.23. The zero-order valence-corrected chi connectivity index (χ0v) is 9.25. The summed E-state index contributed by atoms with van der Waals surface area (Å²) in [5, 5.41) is 5.59. The van der Waals surface area contributed by atoms with Crippen LogP contribution >= 0.6 is 0 Å². The van der Waals surface area contributed by atoms with Crippen LogP contribution in [0, 0.1) is 0 Å². The molecular weight excluding hydrogens is 220 g/mol. The van der Waals surface area contributed by atoms with Crippen LogP contribution in [0.25, 0.3) is 0 Å². The fourth-order valence-electron chi connectivity index (χ4n) is 1.78. The standard InChI is InChI=1S/C11H14N4O2/c12-7-3-6-1-2-11(17)15-8(6)4-9(7)14-5-10(13)16/h3-4,14H,1-2,5,12H2,(H2,13,16)(H,15,17). The van der Waals surface area contributed by atoms with Crippen LogP contribution in [0.15, 0.2) is 12.1 Å². The van der Waals surface area contributed by atoms with E-state index >= 15 is 0 Å². The Kier molecular flexibility index (Phi) is 2.86. The molecule has 0 atom stereocenters. The number of nitrogens with one attached hydrogen (secondary N) is 2. The van der Waals surface area contributed by atoms with E-state index in [1.165, 1.54) is 0 Å². The number of nitrogen functional groups attached to an aromatic ring is 1. The van der Waals surface area contributed by atoms with Crippen LogP contribution in [0.4, 0.5) is 17.1 Å². The van der Waals surface area contributed by atoms with E-state index in [0.29, 0.717) is 24.2 Å². The zero-order valence-electron chi connectivity index (χ0n) is 9.25. The van der Waals surface area contributed by atoms with E-state index in [1.54, 1.807) is 12.1 Å². The van der Waals surface area contributed by atoms with Gasteiger partial charge in [0.15, 0.2) is 0 Å². The van der Waals surface area contributed by atoms with Crippen molar-refractivity contribution in [2.45, 2.75) is 12.8 Å². The second-order valence-corrected chi connectivity index (χ2v) is 3.96. The Balaban J connectivity index is 2.25. The van der Waals surface area contributed by atoms with Gasteiger partial charge in [0.05, 0.1) is 17.9 Å². The number of carbonyl (C=O) groups excluding carboxylic acids is 2. The molecule has 0 fully saturated rings. The van der Waals surface area contributed by atoms with Gasteiger partial charge in [-0.25, -0.2) is 0 Å². The lowest BCUT2D eigenvalue weighted by molar-refractivity contribution is -0.117. The molecule has 1 aromatic carbocycles. The van der Waals surface area contributed by atoms with E-state index in [0.717, 1.165) is 11.3 Å². The highest BCUT2D eigenvalue weighted by atomic mass is 16.2. The minimum atomic E-state index is -0.467. The number of benzene rings is 1. The van der Waals surface area contributed by atoms with Gasteiger partial charge in [-0.3, -0.25) is 9.59 Å². The molecule has 0 bridgehead atoms. The highest BCUT2D eigenvalue weighted by Crippen LogP contribution is 2.30. The number of hydrogen-bond donors (Lipinski definition) is 4. The molecule has 0 aromatic heterocycles. The summed E-state index contributed by atoms with van der Waals surface area (Å²) >= 11 is 0. The number of fused-ring (bicyclic) bond motifs is 1. The fourth-order valence-corrected chi connectivity index (χ4v) is 1.78. The third-order valence-electron chi connectivity index (χ3n) is 2.62. The molecule has 1 aromatic rings. The van der Waals surface area contributed by atoms with Crippen molar-refractivity contribution in [2.24, 2.45) is 5.73 Å². The van der Waals surface area contributed by atoms with Crippen LogP contribution in [0.2, 0.25) is 0 Å². The van der Waals surface area contributed by atoms with Gasteiger partial charge in [0.25, 0.3) is 0 Å². The van der Waals surface area contributed by atoms with Gasteiger partial charge in [0, 0.05) is 12.1 Å². The Morgan fingerprint density at radius 3 is 2.88 bits per heavy atom. The van der Waals surface area contributed by atoms with Crippen molar-refractivity contribution < 1.29 is 9.59 Å². The van der Waals surface area contributed by atoms with Gasteiger partial charge in [-0.15, -0.1) is 0 Å². The zero-order chi connectivity index (χ0) is 12.4. The second kappa shape index (κ2) is 4.32. The number of anilines is 3. The molecule has 0 saturated carbocycles. The lowest BCUT2D eigenvalue weighted by atomic mass is 10.0. The van der Waals surface area contributed by atoms with Crippen LogP contribution in [-0.4, -0.2) is 18.4 Å². The van der Waals surface area contributed by atoms with Gasteiger partial charge in [-0.2, -0.15) is 0 Å². The second-order valence-electron chi connectivity index (χ2n) is 3.96. The number of nitrogens with two attached hydrogens (primary N) is 2. The molecule has 0 aliphatic carbocycles. The number of rotatable bonds is 3. The molecule has 6 nitrogen and oxygen atoms in total. The van der Waals surface area contributed by atoms with Crippen LogP contribution in [0.3, 0.4) is 0 Å². The van der Waals surface area contributed by atoms with Gasteiger partial charge < -0.3 is 22.1 Å². The number of amides is 2. The largest absolute Gasteiger partial charge is 0.397 e. The van der Waals surface area contributed by atoms with E-state index < -0.39 is 5.91 Å². The monoisotopic (exact) mass is 234 g/mol. The summed E-state index contributed by atoms with van der Waals surface area (Å²) in [7, 11) is 0. The average Bonchev–Trinajstić information content (AvgIpc) is 2.26. The van der Waals surface area contributed by atoms with E-state index in [9.17, 15) is 9.59 Å². The molecule has 2 rings (SSSR count). The highest BCUT2D eigenvalue weighted by molar-refractivity contribution is 5.95. The van der Waals surface area contributed by atoms with Crippen LogP contribution < -0.4 is 22.1 Å². The normalized spacial score (nSPS) is 13.8. The molecule has 0 unspecified atom stereocenters. The van der Waals surface area contributed by atoms with Crippen molar-refractivity contribution in [3.05, 3.63) is 17.7 Å². The smallest absolute Gasteiger partial charge is 0.236 e.